The number of hydrogen-bond acceptors (Lipinski definition) is 4. The topological polar surface area (TPSA) is 41.1 Å². The van der Waals surface area contributed by atoms with Gasteiger partial charge in [-0.2, -0.15) is 0 Å². The molecule has 0 aromatic carbocycles. The molecule has 4 heteroatoms. The standard InChI is InChI=1S/C12H22N4/c1-4-6-13-8-11-9-14-12(15-10-11)5-7-16(2)3/h9-10,13H,4-8H2,1-3H3. The molecular weight excluding hydrogens is 200 g/mol. The third-order valence-electron chi connectivity index (χ3n) is 2.30. The lowest BCUT2D eigenvalue weighted by atomic mass is 10.3. The molecule has 0 atom stereocenters. The van der Waals surface area contributed by atoms with Crippen molar-refractivity contribution in [2.24, 2.45) is 0 Å². The van der Waals surface area contributed by atoms with Crippen molar-refractivity contribution >= 4 is 0 Å². The highest BCUT2D eigenvalue weighted by Gasteiger charge is 1.98. The second-order valence-corrected chi connectivity index (χ2v) is 4.24. The highest BCUT2D eigenvalue weighted by molar-refractivity contribution is 5.05. The van der Waals surface area contributed by atoms with Gasteiger partial charge in [0.15, 0.2) is 0 Å². The molecule has 0 saturated heterocycles. The zero-order chi connectivity index (χ0) is 11.8. The Morgan fingerprint density at radius 2 is 1.94 bits per heavy atom. The van der Waals surface area contributed by atoms with E-state index in [-0.39, 0.29) is 0 Å². The Kier molecular flexibility index (Phi) is 5.96. The molecule has 0 aliphatic heterocycles. The second kappa shape index (κ2) is 7.30. The van der Waals surface area contributed by atoms with Gasteiger partial charge in [-0.25, -0.2) is 9.97 Å². The summed E-state index contributed by atoms with van der Waals surface area (Å²) in [4.78, 5) is 10.8. The summed E-state index contributed by atoms with van der Waals surface area (Å²) >= 11 is 0. The van der Waals surface area contributed by atoms with E-state index in [2.05, 4.69) is 41.2 Å². The summed E-state index contributed by atoms with van der Waals surface area (Å²) in [5.41, 5.74) is 1.15. The predicted molar refractivity (Wildman–Crippen MR) is 66.3 cm³/mol. The first kappa shape index (κ1) is 13.1. The summed E-state index contributed by atoms with van der Waals surface area (Å²) in [7, 11) is 4.12. The van der Waals surface area contributed by atoms with E-state index in [1.165, 1.54) is 0 Å². The second-order valence-electron chi connectivity index (χ2n) is 4.24. The molecular formula is C12H22N4. The van der Waals surface area contributed by atoms with E-state index in [1.807, 2.05) is 12.4 Å². The molecule has 0 radical (unpaired) electrons. The number of likely N-dealkylation sites (N-methyl/N-ethyl adjacent to an activating group) is 1. The number of hydrogen-bond donors (Lipinski definition) is 1. The van der Waals surface area contributed by atoms with Crippen LogP contribution in [-0.4, -0.2) is 42.1 Å². The monoisotopic (exact) mass is 222 g/mol. The largest absolute Gasteiger partial charge is 0.313 e. The average molecular weight is 222 g/mol. The van der Waals surface area contributed by atoms with Crippen molar-refractivity contribution in [1.82, 2.24) is 20.2 Å². The van der Waals surface area contributed by atoms with Gasteiger partial charge in [-0.3, -0.25) is 0 Å². The van der Waals surface area contributed by atoms with Crippen LogP contribution in [0.1, 0.15) is 24.7 Å². The van der Waals surface area contributed by atoms with Crippen LogP contribution in [0.3, 0.4) is 0 Å². The minimum absolute atomic E-state index is 0.863. The van der Waals surface area contributed by atoms with Gasteiger partial charge in [0.25, 0.3) is 0 Å². The molecule has 0 saturated carbocycles. The quantitative estimate of drug-likeness (QED) is 0.701. The summed E-state index contributed by atoms with van der Waals surface area (Å²) in [6.07, 6.45) is 5.90. The lowest BCUT2D eigenvalue weighted by molar-refractivity contribution is 0.409. The Morgan fingerprint density at radius 1 is 1.25 bits per heavy atom. The van der Waals surface area contributed by atoms with Crippen LogP contribution in [0, 0.1) is 0 Å². The van der Waals surface area contributed by atoms with Gasteiger partial charge in [0.05, 0.1) is 0 Å². The molecule has 1 heterocycles. The van der Waals surface area contributed by atoms with Crippen LogP contribution in [0.15, 0.2) is 12.4 Å². The van der Waals surface area contributed by atoms with Gasteiger partial charge < -0.3 is 10.2 Å². The molecule has 1 rings (SSSR count). The molecule has 4 nitrogen and oxygen atoms in total. The van der Waals surface area contributed by atoms with Crippen LogP contribution in [0.4, 0.5) is 0 Å². The molecule has 0 amide bonds. The zero-order valence-electron chi connectivity index (χ0n) is 10.5. The molecule has 1 aromatic rings. The van der Waals surface area contributed by atoms with Gasteiger partial charge in [-0.1, -0.05) is 6.92 Å². The van der Waals surface area contributed by atoms with Gasteiger partial charge >= 0.3 is 0 Å². The first-order chi connectivity index (χ1) is 7.72. The Bertz CT molecular complexity index is 282. The molecule has 0 fully saturated rings. The Labute approximate surface area is 98.1 Å². The van der Waals surface area contributed by atoms with E-state index in [0.29, 0.717) is 0 Å². The summed E-state index contributed by atoms with van der Waals surface area (Å²) in [6.45, 7) is 5.06. The molecule has 1 aromatic heterocycles. The fraction of sp³-hybridized carbons (Fsp3) is 0.667. The van der Waals surface area contributed by atoms with Gasteiger partial charge in [0, 0.05) is 37.5 Å². The summed E-state index contributed by atoms with van der Waals surface area (Å²) in [5.74, 6) is 0.924. The van der Waals surface area contributed by atoms with Gasteiger partial charge in [0.2, 0.25) is 0 Å². The molecule has 0 spiro atoms. The summed E-state index contributed by atoms with van der Waals surface area (Å²) in [6, 6.07) is 0. The van der Waals surface area contributed by atoms with Crippen molar-refractivity contribution in [3.05, 3.63) is 23.8 Å². The van der Waals surface area contributed by atoms with E-state index in [9.17, 15) is 0 Å². The van der Waals surface area contributed by atoms with Gasteiger partial charge in [0.1, 0.15) is 5.82 Å². The van der Waals surface area contributed by atoms with E-state index >= 15 is 0 Å². The molecule has 1 N–H and O–H groups in total. The number of aromatic nitrogens is 2. The van der Waals surface area contributed by atoms with E-state index in [0.717, 1.165) is 43.9 Å². The van der Waals surface area contributed by atoms with Crippen LogP contribution >= 0.6 is 0 Å². The first-order valence-corrected chi connectivity index (χ1v) is 5.87. The van der Waals surface area contributed by atoms with Crippen LogP contribution in [0.5, 0.6) is 0 Å². The predicted octanol–water partition coefficient (Wildman–Crippen LogP) is 1.08. The maximum absolute atomic E-state index is 4.35. The highest BCUT2D eigenvalue weighted by Crippen LogP contribution is 1.97. The Hall–Kier alpha value is -1.00. The first-order valence-electron chi connectivity index (χ1n) is 5.87. The van der Waals surface area contributed by atoms with Crippen molar-refractivity contribution in [2.75, 3.05) is 27.2 Å². The molecule has 0 aliphatic rings. The van der Waals surface area contributed by atoms with E-state index in [4.69, 9.17) is 0 Å². The molecule has 0 aliphatic carbocycles. The molecule has 0 unspecified atom stereocenters. The van der Waals surface area contributed by atoms with E-state index < -0.39 is 0 Å². The molecule has 16 heavy (non-hydrogen) atoms. The SMILES string of the molecule is CCCNCc1cnc(CCN(C)C)nc1. The molecule has 0 bridgehead atoms. The summed E-state index contributed by atoms with van der Waals surface area (Å²) in [5, 5.41) is 3.33. The average Bonchev–Trinajstić information content (AvgIpc) is 2.28. The van der Waals surface area contributed by atoms with E-state index in [1.54, 1.807) is 0 Å². The maximum Gasteiger partial charge on any atom is 0.129 e. The fourth-order valence-electron chi connectivity index (χ4n) is 1.34. The van der Waals surface area contributed by atoms with Crippen molar-refractivity contribution in [3.63, 3.8) is 0 Å². The minimum atomic E-state index is 0.863. The third-order valence-corrected chi connectivity index (χ3v) is 2.30. The lowest BCUT2D eigenvalue weighted by Crippen LogP contribution is -2.17. The number of nitrogens with zero attached hydrogens (tertiary/aromatic N) is 3. The third kappa shape index (κ3) is 5.19. The minimum Gasteiger partial charge on any atom is -0.313 e. The van der Waals surface area contributed by atoms with Crippen LogP contribution in [0.25, 0.3) is 0 Å². The normalized spacial score (nSPS) is 11.0. The van der Waals surface area contributed by atoms with Crippen LogP contribution < -0.4 is 5.32 Å². The van der Waals surface area contributed by atoms with Crippen molar-refractivity contribution in [1.29, 1.82) is 0 Å². The van der Waals surface area contributed by atoms with Crippen molar-refractivity contribution in [3.8, 4) is 0 Å². The van der Waals surface area contributed by atoms with Gasteiger partial charge in [-0.05, 0) is 27.1 Å². The maximum atomic E-state index is 4.35. The molecule has 90 valence electrons. The smallest absolute Gasteiger partial charge is 0.129 e. The zero-order valence-corrected chi connectivity index (χ0v) is 10.5. The van der Waals surface area contributed by atoms with Gasteiger partial charge in [-0.15, -0.1) is 0 Å². The van der Waals surface area contributed by atoms with Crippen LogP contribution in [-0.2, 0) is 13.0 Å². The van der Waals surface area contributed by atoms with Crippen LogP contribution in [0.2, 0.25) is 0 Å². The highest BCUT2D eigenvalue weighted by atomic mass is 15.1. The van der Waals surface area contributed by atoms with Crippen molar-refractivity contribution < 1.29 is 0 Å². The number of nitrogens with one attached hydrogen (secondary N) is 1. The Balaban J connectivity index is 2.35. The van der Waals surface area contributed by atoms with Crippen molar-refractivity contribution in [2.45, 2.75) is 26.3 Å². The summed E-state index contributed by atoms with van der Waals surface area (Å²) < 4.78 is 0. The Morgan fingerprint density at radius 3 is 2.50 bits per heavy atom. The lowest BCUT2D eigenvalue weighted by Gasteiger charge is -2.08. The fourth-order valence-corrected chi connectivity index (χ4v) is 1.34. The number of rotatable bonds is 7.